The largest absolute Gasteiger partial charge is 0.573 e. The summed E-state index contributed by atoms with van der Waals surface area (Å²) in [6, 6.07) is 6.94. The summed E-state index contributed by atoms with van der Waals surface area (Å²) in [6.07, 6.45) is -5.70. The Kier molecular flexibility index (Phi) is 7.75. The number of carbonyl (C=O) groups excluding carboxylic acids is 1. The van der Waals surface area contributed by atoms with Gasteiger partial charge in [-0.3, -0.25) is 9.59 Å². The molecule has 0 aliphatic heterocycles. The number of halogens is 4. The van der Waals surface area contributed by atoms with Crippen LogP contribution in [0.25, 0.3) is 11.1 Å². The van der Waals surface area contributed by atoms with Crippen molar-refractivity contribution in [3.05, 3.63) is 76.0 Å². The minimum Gasteiger partial charge on any atom is -0.505 e. The highest BCUT2D eigenvalue weighted by Crippen LogP contribution is 2.31. The first-order valence-corrected chi connectivity index (χ1v) is 10.6. The highest BCUT2D eigenvalue weighted by Gasteiger charge is 2.31. The molecule has 1 atom stereocenters. The molecule has 1 heterocycles. The Morgan fingerprint density at radius 2 is 1.78 bits per heavy atom. The molecule has 0 fully saturated rings. The van der Waals surface area contributed by atoms with Gasteiger partial charge in [0.1, 0.15) is 17.3 Å². The van der Waals surface area contributed by atoms with Gasteiger partial charge in [0.25, 0.3) is 5.56 Å². The molecule has 1 aromatic heterocycles. The predicted molar refractivity (Wildman–Crippen MR) is 124 cm³/mol. The van der Waals surface area contributed by atoms with Crippen molar-refractivity contribution in [2.75, 3.05) is 5.32 Å². The van der Waals surface area contributed by atoms with Crippen LogP contribution in [0.2, 0.25) is 0 Å². The van der Waals surface area contributed by atoms with Crippen molar-refractivity contribution in [3.63, 3.8) is 0 Å². The summed E-state index contributed by atoms with van der Waals surface area (Å²) in [5.74, 6) is -3.34. The molecule has 1 unspecified atom stereocenters. The quantitative estimate of drug-likeness (QED) is 0.339. The number of benzene rings is 2. The zero-order valence-corrected chi connectivity index (χ0v) is 19.4. The van der Waals surface area contributed by atoms with Crippen LogP contribution in [0.15, 0.2) is 53.3 Å². The molecular weight excluding hydrogens is 502 g/mol. The summed E-state index contributed by atoms with van der Waals surface area (Å²) in [7, 11) is 1.41. The van der Waals surface area contributed by atoms with E-state index in [2.05, 4.69) is 15.4 Å². The molecule has 2 aromatic carbocycles. The molecule has 13 heteroatoms. The second kappa shape index (κ2) is 10.6. The van der Waals surface area contributed by atoms with Crippen molar-refractivity contribution >= 4 is 17.7 Å². The summed E-state index contributed by atoms with van der Waals surface area (Å²) in [5, 5.41) is 23.8. The van der Waals surface area contributed by atoms with Crippen LogP contribution in [0.4, 0.5) is 28.0 Å². The fourth-order valence-electron chi connectivity index (χ4n) is 3.51. The van der Waals surface area contributed by atoms with Crippen LogP contribution < -0.4 is 20.9 Å². The number of carbonyl (C=O) groups is 2. The zero-order chi connectivity index (χ0) is 27.5. The molecular formula is C24H21F4N3O6. The number of rotatable bonds is 7. The van der Waals surface area contributed by atoms with Crippen LogP contribution in [0.3, 0.4) is 0 Å². The molecule has 4 N–H and O–H groups in total. The summed E-state index contributed by atoms with van der Waals surface area (Å²) < 4.78 is 57.6. The molecule has 0 radical (unpaired) electrons. The number of aromatic nitrogens is 1. The number of aliphatic carboxylic acids is 1. The van der Waals surface area contributed by atoms with Gasteiger partial charge < -0.3 is 30.2 Å². The van der Waals surface area contributed by atoms with Crippen molar-refractivity contribution < 1.29 is 42.1 Å². The third-order valence-electron chi connectivity index (χ3n) is 5.34. The van der Waals surface area contributed by atoms with Crippen LogP contribution in [0.5, 0.6) is 11.5 Å². The minimum absolute atomic E-state index is 0.203. The van der Waals surface area contributed by atoms with E-state index in [0.717, 1.165) is 22.8 Å². The first-order valence-electron chi connectivity index (χ1n) is 10.6. The topological polar surface area (TPSA) is 130 Å². The standard InChI is InChI=1S/C24H21F4N3O6/c1-12-8-19(32)21(22(35)31(12)2)30-23(36)29-18(11-20(33)34)16-10-14(6-7-17(16)25)13-4-3-5-15(9-13)37-24(26,27)28/h3-10,18,32H,11H2,1-2H3,(H,33,34)(H2,29,30,36). The minimum atomic E-state index is -4.93. The average molecular weight is 523 g/mol. The van der Waals surface area contributed by atoms with E-state index in [1.807, 2.05) is 0 Å². The van der Waals surface area contributed by atoms with Crippen molar-refractivity contribution in [2.45, 2.75) is 25.7 Å². The van der Waals surface area contributed by atoms with Crippen LogP contribution >= 0.6 is 0 Å². The fourth-order valence-corrected chi connectivity index (χ4v) is 3.51. The maximum atomic E-state index is 14.8. The molecule has 0 saturated carbocycles. The van der Waals surface area contributed by atoms with E-state index in [1.54, 1.807) is 6.92 Å². The number of carboxylic acid groups (broad SMARTS) is 1. The molecule has 196 valence electrons. The normalized spacial score (nSPS) is 12.1. The summed E-state index contributed by atoms with van der Waals surface area (Å²) in [5.41, 5.74) is -0.674. The number of hydrogen-bond acceptors (Lipinski definition) is 5. The van der Waals surface area contributed by atoms with Crippen LogP contribution in [-0.4, -0.2) is 33.1 Å². The lowest BCUT2D eigenvalue weighted by Crippen LogP contribution is -2.36. The summed E-state index contributed by atoms with van der Waals surface area (Å²) in [4.78, 5) is 36.4. The molecule has 37 heavy (non-hydrogen) atoms. The predicted octanol–water partition coefficient (Wildman–Crippen LogP) is 4.44. The number of anilines is 1. The van der Waals surface area contributed by atoms with E-state index in [9.17, 15) is 42.2 Å². The third kappa shape index (κ3) is 6.78. The van der Waals surface area contributed by atoms with Crippen molar-refractivity contribution in [1.29, 1.82) is 0 Å². The molecule has 2 amide bonds. The van der Waals surface area contributed by atoms with E-state index in [4.69, 9.17) is 0 Å². The Morgan fingerprint density at radius 3 is 2.43 bits per heavy atom. The highest BCUT2D eigenvalue weighted by molar-refractivity contribution is 5.91. The number of carboxylic acids is 1. The number of alkyl halides is 3. The van der Waals surface area contributed by atoms with Crippen LogP contribution in [0.1, 0.15) is 23.7 Å². The fraction of sp³-hybridized carbons (Fsp3) is 0.208. The van der Waals surface area contributed by atoms with Gasteiger partial charge in [-0.2, -0.15) is 0 Å². The van der Waals surface area contributed by atoms with Gasteiger partial charge >= 0.3 is 18.4 Å². The van der Waals surface area contributed by atoms with Crippen LogP contribution in [0, 0.1) is 12.7 Å². The monoisotopic (exact) mass is 523 g/mol. The SMILES string of the molecule is Cc1cc(O)c(NC(=O)NC(CC(=O)O)c2cc(-c3cccc(OC(F)(F)F)c3)ccc2F)c(=O)n1C. The van der Waals surface area contributed by atoms with Crippen molar-refractivity contribution in [3.8, 4) is 22.6 Å². The van der Waals surface area contributed by atoms with E-state index >= 15 is 0 Å². The van der Waals surface area contributed by atoms with Crippen molar-refractivity contribution in [1.82, 2.24) is 9.88 Å². The highest BCUT2D eigenvalue weighted by atomic mass is 19.4. The average Bonchev–Trinajstić information content (AvgIpc) is 2.79. The molecule has 0 aliphatic carbocycles. The van der Waals surface area contributed by atoms with Gasteiger partial charge in [-0.05, 0) is 42.3 Å². The zero-order valence-electron chi connectivity index (χ0n) is 19.4. The number of nitrogens with zero attached hydrogens (tertiary/aromatic N) is 1. The Labute approximate surface area is 206 Å². The Bertz CT molecular complexity index is 1400. The number of urea groups is 1. The van der Waals surface area contributed by atoms with Gasteiger partial charge in [-0.25, -0.2) is 9.18 Å². The lowest BCUT2D eigenvalue weighted by atomic mass is 9.97. The van der Waals surface area contributed by atoms with Crippen molar-refractivity contribution in [2.24, 2.45) is 7.05 Å². The number of aromatic hydroxyl groups is 1. The van der Waals surface area contributed by atoms with Gasteiger partial charge in [0.2, 0.25) is 0 Å². The number of aryl methyl sites for hydroxylation is 1. The number of ether oxygens (including phenoxy) is 1. The molecule has 3 aromatic rings. The molecule has 0 spiro atoms. The Balaban J connectivity index is 1.93. The van der Waals surface area contributed by atoms with E-state index < -0.39 is 59.4 Å². The number of hydrogen-bond donors (Lipinski definition) is 4. The smallest absolute Gasteiger partial charge is 0.505 e. The van der Waals surface area contributed by atoms with Gasteiger partial charge in [0.05, 0.1) is 12.5 Å². The summed E-state index contributed by atoms with van der Waals surface area (Å²) in [6.45, 7) is 1.55. The maximum Gasteiger partial charge on any atom is 0.573 e. The van der Waals surface area contributed by atoms with Gasteiger partial charge in [0.15, 0.2) is 5.69 Å². The number of nitrogens with one attached hydrogen (secondary N) is 2. The third-order valence-corrected chi connectivity index (χ3v) is 5.34. The van der Waals surface area contributed by atoms with E-state index in [1.165, 1.54) is 37.4 Å². The molecule has 0 aliphatic rings. The number of amides is 2. The van der Waals surface area contributed by atoms with Gasteiger partial charge in [-0.1, -0.05) is 18.2 Å². The lowest BCUT2D eigenvalue weighted by Gasteiger charge is -2.20. The van der Waals surface area contributed by atoms with Gasteiger partial charge in [0, 0.05) is 24.4 Å². The Morgan fingerprint density at radius 1 is 1.11 bits per heavy atom. The van der Waals surface area contributed by atoms with Gasteiger partial charge in [-0.15, -0.1) is 13.2 Å². The Hall–Kier alpha value is -4.55. The first-order chi connectivity index (χ1) is 17.2. The second-order valence-electron chi connectivity index (χ2n) is 7.97. The van der Waals surface area contributed by atoms with Crippen LogP contribution in [-0.2, 0) is 11.8 Å². The first kappa shape index (κ1) is 27.0. The van der Waals surface area contributed by atoms with E-state index in [-0.39, 0.29) is 16.7 Å². The maximum absolute atomic E-state index is 14.8. The second-order valence-corrected chi connectivity index (χ2v) is 7.97. The molecule has 0 saturated heterocycles. The lowest BCUT2D eigenvalue weighted by molar-refractivity contribution is -0.274. The molecule has 3 rings (SSSR count). The molecule has 0 bridgehead atoms. The summed E-state index contributed by atoms with van der Waals surface area (Å²) >= 11 is 0. The number of pyridine rings is 1. The molecule has 9 nitrogen and oxygen atoms in total. The van der Waals surface area contributed by atoms with E-state index in [0.29, 0.717) is 5.69 Å².